The van der Waals surface area contributed by atoms with Gasteiger partial charge in [-0.3, -0.25) is 0 Å². The lowest BCUT2D eigenvalue weighted by molar-refractivity contribution is -0.231. The van der Waals surface area contributed by atoms with Gasteiger partial charge in [0.25, 0.3) is 0 Å². The SMILES string of the molecule is CC(C)Oc1ccc(Cn2cc([C@@H]3O[C@H](CO)[C@@H](O)[C@H](O)[C@H]3O)c3cccc(Cl)c32)c(F)c1. The number of benzene rings is 2. The highest BCUT2D eigenvalue weighted by molar-refractivity contribution is 6.35. The van der Waals surface area contributed by atoms with E-state index >= 15 is 0 Å². The number of aliphatic hydroxyl groups excluding tert-OH is 4. The van der Waals surface area contributed by atoms with Crippen LogP contribution in [0.3, 0.4) is 0 Å². The summed E-state index contributed by atoms with van der Waals surface area (Å²) in [6.07, 6.45) is -4.88. The lowest BCUT2D eigenvalue weighted by atomic mass is 9.91. The minimum atomic E-state index is -1.51. The quantitative estimate of drug-likeness (QED) is 0.433. The Morgan fingerprint density at radius 1 is 1.12 bits per heavy atom. The number of halogens is 2. The Bertz CT molecular complexity index is 1130. The molecule has 0 unspecified atom stereocenters. The number of aromatic nitrogens is 1. The molecule has 1 aromatic heterocycles. The molecule has 1 saturated heterocycles. The van der Waals surface area contributed by atoms with Crippen molar-refractivity contribution >= 4 is 22.5 Å². The topological polar surface area (TPSA) is 104 Å². The zero-order valence-electron chi connectivity index (χ0n) is 18.2. The summed E-state index contributed by atoms with van der Waals surface area (Å²) in [4.78, 5) is 0. The molecular weight excluding hydrogens is 453 g/mol. The number of fused-ring (bicyclic) bond motifs is 1. The normalized spacial score (nSPS) is 25.7. The van der Waals surface area contributed by atoms with Gasteiger partial charge >= 0.3 is 0 Å². The van der Waals surface area contributed by atoms with E-state index in [9.17, 15) is 24.8 Å². The maximum Gasteiger partial charge on any atom is 0.131 e. The molecule has 1 aliphatic rings. The van der Waals surface area contributed by atoms with Crippen LogP contribution in [0.25, 0.3) is 10.9 Å². The van der Waals surface area contributed by atoms with E-state index in [1.165, 1.54) is 6.07 Å². The molecule has 0 amide bonds. The van der Waals surface area contributed by atoms with Gasteiger partial charge in [0.2, 0.25) is 0 Å². The molecule has 0 spiro atoms. The summed E-state index contributed by atoms with van der Waals surface area (Å²) in [6, 6.07) is 9.90. The van der Waals surface area contributed by atoms with Crippen LogP contribution in [0.2, 0.25) is 5.02 Å². The molecule has 9 heteroatoms. The van der Waals surface area contributed by atoms with Crippen LogP contribution in [0.15, 0.2) is 42.6 Å². The van der Waals surface area contributed by atoms with E-state index < -0.39 is 42.9 Å². The Morgan fingerprint density at radius 3 is 2.55 bits per heavy atom. The lowest BCUT2D eigenvalue weighted by Crippen LogP contribution is -2.55. The number of hydrogen-bond acceptors (Lipinski definition) is 6. The summed E-state index contributed by atoms with van der Waals surface area (Å²) in [6.45, 7) is 3.34. The predicted molar refractivity (Wildman–Crippen MR) is 121 cm³/mol. The molecule has 178 valence electrons. The van der Waals surface area contributed by atoms with E-state index in [1.807, 2.05) is 13.8 Å². The van der Waals surface area contributed by atoms with Gasteiger partial charge in [-0.25, -0.2) is 4.39 Å². The van der Waals surface area contributed by atoms with Gasteiger partial charge in [-0.2, -0.15) is 0 Å². The summed E-state index contributed by atoms with van der Waals surface area (Å²) in [5, 5.41) is 41.6. The summed E-state index contributed by atoms with van der Waals surface area (Å²) < 4.78 is 27.9. The molecule has 7 nitrogen and oxygen atoms in total. The highest BCUT2D eigenvalue weighted by Crippen LogP contribution is 2.39. The van der Waals surface area contributed by atoms with Crippen molar-refractivity contribution < 1.29 is 34.3 Å². The van der Waals surface area contributed by atoms with Crippen LogP contribution in [-0.4, -0.2) is 62.1 Å². The monoisotopic (exact) mass is 479 g/mol. The third kappa shape index (κ3) is 4.59. The minimum absolute atomic E-state index is 0.0801. The second-order valence-corrected chi connectivity index (χ2v) is 8.92. The molecule has 1 fully saturated rings. The summed E-state index contributed by atoms with van der Waals surface area (Å²) in [5.74, 6) is 0.0000906. The molecular formula is C24H27ClFNO6. The largest absolute Gasteiger partial charge is 0.491 e. The van der Waals surface area contributed by atoms with E-state index in [2.05, 4.69) is 0 Å². The molecule has 2 aromatic carbocycles. The number of para-hydroxylation sites is 1. The Balaban J connectivity index is 1.74. The zero-order valence-corrected chi connectivity index (χ0v) is 19.0. The molecule has 2 heterocycles. The van der Waals surface area contributed by atoms with Crippen LogP contribution in [0, 0.1) is 5.82 Å². The number of ether oxygens (including phenoxy) is 2. The van der Waals surface area contributed by atoms with Crippen LogP contribution >= 0.6 is 11.6 Å². The molecule has 0 aliphatic carbocycles. The van der Waals surface area contributed by atoms with Gasteiger partial charge in [-0.1, -0.05) is 29.8 Å². The van der Waals surface area contributed by atoms with E-state index in [1.54, 1.807) is 41.1 Å². The average molecular weight is 480 g/mol. The van der Waals surface area contributed by atoms with Crippen molar-refractivity contribution in [2.45, 2.75) is 57.0 Å². The fraction of sp³-hybridized carbons (Fsp3) is 0.417. The maximum absolute atomic E-state index is 14.8. The zero-order chi connectivity index (χ0) is 23.9. The fourth-order valence-corrected chi connectivity index (χ4v) is 4.52. The second-order valence-electron chi connectivity index (χ2n) is 8.52. The first-order chi connectivity index (χ1) is 15.7. The molecule has 3 aromatic rings. The third-order valence-electron chi connectivity index (χ3n) is 5.82. The molecule has 0 saturated carbocycles. The highest BCUT2D eigenvalue weighted by Gasteiger charge is 2.44. The molecule has 1 aliphatic heterocycles. The van der Waals surface area contributed by atoms with Crippen molar-refractivity contribution in [3.05, 3.63) is 64.6 Å². The Labute approximate surface area is 195 Å². The van der Waals surface area contributed by atoms with Gasteiger partial charge < -0.3 is 34.5 Å². The first-order valence-electron chi connectivity index (χ1n) is 10.7. The van der Waals surface area contributed by atoms with Crippen LogP contribution < -0.4 is 4.74 Å². The van der Waals surface area contributed by atoms with Crippen LogP contribution in [-0.2, 0) is 11.3 Å². The molecule has 33 heavy (non-hydrogen) atoms. The summed E-state index contributed by atoms with van der Waals surface area (Å²) in [7, 11) is 0. The van der Waals surface area contributed by atoms with Gasteiger partial charge in [0.1, 0.15) is 42.1 Å². The molecule has 0 bridgehead atoms. The van der Waals surface area contributed by atoms with Crippen LogP contribution in [0.4, 0.5) is 4.39 Å². The van der Waals surface area contributed by atoms with E-state index in [0.29, 0.717) is 32.8 Å². The number of rotatable bonds is 6. The van der Waals surface area contributed by atoms with Crippen molar-refractivity contribution in [2.75, 3.05) is 6.61 Å². The van der Waals surface area contributed by atoms with Gasteiger partial charge in [-0.05, 0) is 26.0 Å². The van der Waals surface area contributed by atoms with E-state index in [-0.39, 0.29) is 12.6 Å². The number of nitrogens with zero attached hydrogens (tertiary/aromatic N) is 1. The van der Waals surface area contributed by atoms with Gasteiger partial charge in [0.05, 0.1) is 29.8 Å². The maximum atomic E-state index is 14.8. The number of hydrogen-bond donors (Lipinski definition) is 4. The Morgan fingerprint density at radius 2 is 1.88 bits per heavy atom. The van der Waals surface area contributed by atoms with Crippen molar-refractivity contribution in [2.24, 2.45) is 0 Å². The van der Waals surface area contributed by atoms with E-state index in [0.717, 1.165) is 0 Å². The standard InChI is InChI=1S/C24H27ClFNO6/c1-12(2)32-14-7-6-13(18(26)8-14)9-27-10-16(15-4-3-5-17(25)20(15)27)24-23(31)22(30)21(29)19(11-28)33-24/h3-8,10,12,19,21-24,28-31H,9,11H2,1-2H3/t19-,21-,22+,23-,24+/m1/s1. The first-order valence-corrected chi connectivity index (χ1v) is 11.1. The summed E-state index contributed by atoms with van der Waals surface area (Å²) in [5.41, 5.74) is 1.51. The van der Waals surface area contributed by atoms with Gasteiger partial charge in [0.15, 0.2) is 0 Å². The van der Waals surface area contributed by atoms with Crippen LogP contribution in [0.1, 0.15) is 31.1 Å². The molecule has 4 rings (SSSR count). The van der Waals surface area contributed by atoms with Crippen LogP contribution in [0.5, 0.6) is 5.75 Å². The minimum Gasteiger partial charge on any atom is -0.491 e. The van der Waals surface area contributed by atoms with Gasteiger partial charge in [0, 0.05) is 28.8 Å². The summed E-state index contributed by atoms with van der Waals surface area (Å²) >= 11 is 6.48. The van der Waals surface area contributed by atoms with Crippen molar-refractivity contribution in [1.82, 2.24) is 4.57 Å². The van der Waals surface area contributed by atoms with Gasteiger partial charge in [-0.15, -0.1) is 0 Å². The van der Waals surface area contributed by atoms with Crippen molar-refractivity contribution in [3.8, 4) is 5.75 Å². The molecule has 0 radical (unpaired) electrons. The van der Waals surface area contributed by atoms with Crippen molar-refractivity contribution in [3.63, 3.8) is 0 Å². The Hall–Kier alpha value is -2.20. The average Bonchev–Trinajstić information content (AvgIpc) is 3.13. The lowest BCUT2D eigenvalue weighted by Gasteiger charge is -2.40. The highest BCUT2D eigenvalue weighted by atomic mass is 35.5. The second kappa shape index (κ2) is 9.58. The predicted octanol–water partition coefficient (Wildman–Crippen LogP) is 2.78. The third-order valence-corrected chi connectivity index (χ3v) is 6.12. The number of aliphatic hydroxyl groups is 4. The first kappa shape index (κ1) is 23.9. The van der Waals surface area contributed by atoms with E-state index in [4.69, 9.17) is 21.1 Å². The molecule has 5 atom stereocenters. The Kier molecular flexibility index (Phi) is 6.95. The van der Waals surface area contributed by atoms with Crippen molar-refractivity contribution in [1.29, 1.82) is 0 Å². The smallest absolute Gasteiger partial charge is 0.131 e. The fourth-order valence-electron chi connectivity index (χ4n) is 4.24. The molecule has 4 N–H and O–H groups in total.